The highest BCUT2D eigenvalue weighted by molar-refractivity contribution is 5.98. The molecule has 0 saturated carbocycles. The quantitative estimate of drug-likeness (QED) is 0.643. The minimum atomic E-state index is -0.393. The third-order valence-corrected chi connectivity index (χ3v) is 3.97. The van der Waals surface area contributed by atoms with Crippen LogP contribution in [0.1, 0.15) is 21.6 Å². The Morgan fingerprint density at radius 2 is 1.84 bits per heavy atom. The van der Waals surface area contributed by atoms with Gasteiger partial charge in [0.2, 0.25) is 0 Å². The number of carbonyl (C=O) groups is 1. The van der Waals surface area contributed by atoms with Crippen molar-refractivity contribution < 1.29 is 9.90 Å². The first-order chi connectivity index (χ1) is 12.2. The van der Waals surface area contributed by atoms with Crippen molar-refractivity contribution in [3.8, 4) is 11.3 Å². The Balaban J connectivity index is 1.73. The smallest absolute Gasteiger partial charge is 0.274 e. The van der Waals surface area contributed by atoms with Crippen LogP contribution in [0, 0.1) is 6.92 Å². The van der Waals surface area contributed by atoms with Crippen molar-refractivity contribution in [3.63, 3.8) is 0 Å². The molecule has 3 aromatic rings. The highest BCUT2D eigenvalue weighted by Crippen LogP contribution is 2.19. The zero-order valence-corrected chi connectivity index (χ0v) is 13.9. The number of H-pyrrole nitrogens is 1. The lowest BCUT2D eigenvalue weighted by atomic mass is 10.0. The first-order valence-corrected chi connectivity index (χ1v) is 8.11. The van der Waals surface area contributed by atoms with E-state index in [0.29, 0.717) is 12.1 Å². The van der Waals surface area contributed by atoms with E-state index in [1.807, 2.05) is 61.5 Å². The molecule has 128 valence electrons. The lowest BCUT2D eigenvalue weighted by Crippen LogP contribution is -2.39. The van der Waals surface area contributed by atoms with Gasteiger partial charge in [-0.3, -0.25) is 4.79 Å². The molecule has 0 radical (unpaired) electrons. The molecular weight excluding hydrogens is 316 g/mol. The van der Waals surface area contributed by atoms with Crippen molar-refractivity contribution in [1.29, 1.82) is 0 Å². The molecule has 0 saturated heterocycles. The molecule has 6 heteroatoms. The van der Waals surface area contributed by atoms with E-state index in [4.69, 9.17) is 0 Å². The highest BCUT2D eigenvalue weighted by atomic mass is 16.3. The lowest BCUT2D eigenvalue weighted by molar-refractivity contribution is 0.0912. The van der Waals surface area contributed by atoms with Crippen molar-refractivity contribution in [3.05, 3.63) is 71.4 Å². The summed E-state index contributed by atoms with van der Waals surface area (Å²) in [5.74, 6) is -0.362. The predicted octanol–water partition coefficient (Wildman–Crippen LogP) is 2.11. The number of hydrogen-bond acceptors (Lipinski definition) is 4. The van der Waals surface area contributed by atoms with E-state index < -0.39 is 6.04 Å². The van der Waals surface area contributed by atoms with Gasteiger partial charge in [-0.05, 0) is 18.9 Å². The number of nitrogens with zero attached hydrogens (tertiary/aromatic N) is 2. The van der Waals surface area contributed by atoms with Crippen molar-refractivity contribution in [2.45, 2.75) is 19.4 Å². The minimum absolute atomic E-state index is 0.155. The molecular formula is C19H20N4O2. The molecule has 1 amide bonds. The Bertz CT molecular complexity index is 828. The molecule has 0 fully saturated rings. The van der Waals surface area contributed by atoms with Gasteiger partial charge in [-0.2, -0.15) is 15.4 Å². The van der Waals surface area contributed by atoms with Crippen molar-refractivity contribution >= 4 is 5.91 Å². The topological polar surface area (TPSA) is 90.9 Å². The van der Waals surface area contributed by atoms with Gasteiger partial charge in [0.15, 0.2) is 5.69 Å². The molecule has 2 aromatic carbocycles. The van der Waals surface area contributed by atoms with Gasteiger partial charge in [-0.15, -0.1) is 0 Å². The van der Waals surface area contributed by atoms with Gasteiger partial charge in [0, 0.05) is 5.56 Å². The van der Waals surface area contributed by atoms with Crippen molar-refractivity contribution in [2.24, 2.45) is 0 Å². The second kappa shape index (κ2) is 7.72. The van der Waals surface area contributed by atoms with Crippen LogP contribution in [0.4, 0.5) is 0 Å². The standard InChI is InChI=1S/C19H20N4O2/c1-13-7-9-14(10-8-13)11-16(12-24)20-19(25)18-17(21-23-22-18)15-5-3-2-4-6-15/h2-10,16,24H,11-12H2,1H3,(H,20,25)(H,21,22,23)/t16-/m1/s1. The zero-order valence-electron chi connectivity index (χ0n) is 13.9. The summed E-state index contributed by atoms with van der Waals surface area (Å²) in [4.78, 5) is 12.6. The molecule has 25 heavy (non-hydrogen) atoms. The minimum Gasteiger partial charge on any atom is -0.394 e. The van der Waals surface area contributed by atoms with E-state index in [9.17, 15) is 9.90 Å². The van der Waals surface area contributed by atoms with Crippen LogP contribution in [-0.2, 0) is 6.42 Å². The molecule has 1 aromatic heterocycles. The summed E-state index contributed by atoms with van der Waals surface area (Å²) in [6, 6.07) is 17.0. The van der Waals surface area contributed by atoms with E-state index in [1.54, 1.807) is 0 Å². The number of aromatic nitrogens is 3. The van der Waals surface area contributed by atoms with Crippen LogP contribution >= 0.6 is 0 Å². The second-order valence-corrected chi connectivity index (χ2v) is 5.93. The molecule has 3 N–H and O–H groups in total. The normalized spacial score (nSPS) is 11.9. The maximum atomic E-state index is 12.6. The molecule has 3 rings (SSSR count). The Kier molecular flexibility index (Phi) is 5.20. The maximum Gasteiger partial charge on any atom is 0.274 e. The molecule has 0 unspecified atom stereocenters. The molecule has 1 atom stereocenters. The summed E-state index contributed by atoms with van der Waals surface area (Å²) in [5, 5.41) is 23.0. The molecule has 0 aliphatic carbocycles. The molecule has 1 heterocycles. The molecule has 0 bridgehead atoms. The number of nitrogens with one attached hydrogen (secondary N) is 2. The summed E-state index contributed by atoms with van der Waals surface area (Å²) in [6.45, 7) is 1.86. The van der Waals surface area contributed by atoms with Gasteiger partial charge in [0.05, 0.1) is 12.6 Å². The fourth-order valence-electron chi connectivity index (χ4n) is 2.61. The number of hydrogen-bond donors (Lipinski definition) is 3. The van der Waals surface area contributed by atoms with E-state index in [-0.39, 0.29) is 18.2 Å². The summed E-state index contributed by atoms with van der Waals surface area (Å²) in [6.07, 6.45) is 0.543. The average molecular weight is 336 g/mol. The van der Waals surface area contributed by atoms with Gasteiger partial charge in [0.25, 0.3) is 5.91 Å². The van der Waals surface area contributed by atoms with E-state index in [2.05, 4.69) is 20.7 Å². The van der Waals surface area contributed by atoms with Gasteiger partial charge < -0.3 is 10.4 Å². The number of aromatic amines is 1. The summed E-state index contributed by atoms with van der Waals surface area (Å²) < 4.78 is 0. The summed E-state index contributed by atoms with van der Waals surface area (Å²) in [5.41, 5.74) is 3.73. The largest absolute Gasteiger partial charge is 0.394 e. The fraction of sp³-hybridized carbons (Fsp3) is 0.211. The first kappa shape index (κ1) is 16.9. The van der Waals surface area contributed by atoms with Crippen LogP contribution in [0.25, 0.3) is 11.3 Å². The number of aliphatic hydroxyl groups is 1. The molecule has 6 nitrogen and oxygen atoms in total. The maximum absolute atomic E-state index is 12.6. The van der Waals surface area contributed by atoms with E-state index in [0.717, 1.165) is 11.1 Å². The van der Waals surface area contributed by atoms with Gasteiger partial charge in [-0.1, -0.05) is 60.2 Å². The van der Waals surface area contributed by atoms with Crippen LogP contribution < -0.4 is 5.32 Å². The lowest BCUT2D eigenvalue weighted by Gasteiger charge is -2.16. The molecule has 0 aliphatic rings. The third-order valence-electron chi connectivity index (χ3n) is 3.97. The van der Waals surface area contributed by atoms with Gasteiger partial charge >= 0.3 is 0 Å². The van der Waals surface area contributed by atoms with Crippen LogP contribution in [-0.4, -0.2) is 39.1 Å². The fourth-order valence-corrected chi connectivity index (χ4v) is 2.61. The van der Waals surface area contributed by atoms with Gasteiger partial charge in [-0.25, -0.2) is 0 Å². The first-order valence-electron chi connectivity index (χ1n) is 8.11. The average Bonchev–Trinajstić information content (AvgIpc) is 3.13. The number of aryl methyl sites for hydroxylation is 1. The monoisotopic (exact) mass is 336 g/mol. The Morgan fingerprint density at radius 1 is 1.12 bits per heavy atom. The van der Waals surface area contributed by atoms with Crippen LogP contribution in [0.15, 0.2) is 54.6 Å². The van der Waals surface area contributed by atoms with Crippen LogP contribution in [0.5, 0.6) is 0 Å². The number of aliphatic hydroxyl groups excluding tert-OH is 1. The van der Waals surface area contributed by atoms with E-state index in [1.165, 1.54) is 5.56 Å². The number of carbonyl (C=O) groups excluding carboxylic acids is 1. The third kappa shape index (κ3) is 4.10. The Morgan fingerprint density at radius 3 is 2.52 bits per heavy atom. The number of benzene rings is 2. The predicted molar refractivity (Wildman–Crippen MR) is 95.0 cm³/mol. The highest BCUT2D eigenvalue weighted by Gasteiger charge is 2.20. The zero-order chi connectivity index (χ0) is 17.6. The van der Waals surface area contributed by atoms with Crippen LogP contribution in [0.3, 0.4) is 0 Å². The summed E-state index contributed by atoms with van der Waals surface area (Å²) >= 11 is 0. The van der Waals surface area contributed by atoms with Crippen molar-refractivity contribution in [1.82, 2.24) is 20.7 Å². The number of amides is 1. The molecule has 0 spiro atoms. The number of rotatable bonds is 6. The van der Waals surface area contributed by atoms with E-state index >= 15 is 0 Å². The van der Waals surface area contributed by atoms with Gasteiger partial charge in [0.1, 0.15) is 5.69 Å². The second-order valence-electron chi connectivity index (χ2n) is 5.93. The molecule has 0 aliphatic heterocycles. The Hall–Kier alpha value is -2.99. The Labute approximate surface area is 145 Å². The van der Waals surface area contributed by atoms with Crippen LogP contribution in [0.2, 0.25) is 0 Å². The SMILES string of the molecule is Cc1ccc(C[C@H](CO)NC(=O)c2n[nH]nc2-c2ccccc2)cc1. The van der Waals surface area contributed by atoms with Crippen molar-refractivity contribution in [2.75, 3.05) is 6.61 Å². The summed E-state index contributed by atoms with van der Waals surface area (Å²) in [7, 11) is 0.